The first-order valence-corrected chi connectivity index (χ1v) is 11.0. The van der Waals surface area contributed by atoms with Crippen LogP contribution in [0.5, 0.6) is 0 Å². The molecule has 2 aliphatic rings. The number of hydrogen-bond acceptors (Lipinski definition) is 8. The van der Waals surface area contributed by atoms with Gasteiger partial charge in [-0.2, -0.15) is 0 Å². The summed E-state index contributed by atoms with van der Waals surface area (Å²) in [6, 6.07) is 7.50. The zero-order valence-corrected chi connectivity index (χ0v) is 19.0. The number of amides is 5. The summed E-state index contributed by atoms with van der Waals surface area (Å²) >= 11 is 0. The van der Waals surface area contributed by atoms with Crippen LogP contribution in [-0.2, 0) is 20.9 Å². The molecule has 1 atom stereocenters. The molecule has 2 aromatic heterocycles. The molecule has 1 aromatic carbocycles. The second-order valence-electron chi connectivity index (χ2n) is 8.36. The van der Waals surface area contributed by atoms with Gasteiger partial charge in [0.25, 0.3) is 11.8 Å². The summed E-state index contributed by atoms with van der Waals surface area (Å²) in [5, 5.41) is 15.4. The van der Waals surface area contributed by atoms with Crippen molar-refractivity contribution in [3.63, 3.8) is 0 Å². The maximum absolute atomic E-state index is 12.9. The van der Waals surface area contributed by atoms with Crippen LogP contribution in [0.1, 0.15) is 46.2 Å². The summed E-state index contributed by atoms with van der Waals surface area (Å²) in [7, 11) is 0. The van der Waals surface area contributed by atoms with Crippen molar-refractivity contribution in [2.45, 2.75) is 32.4 Å². The van der Waals surface area contributed by atoms with E-state index in [1.807, 2.05) is 0 Å². The van der Waals surface area contributed by atoms with Crippen LogP contribution in [0.2, 0.25) is 0 Å². The summed E-state index contributed by atoms with van der Waals surface area (Å²) in [4.78, 5) is 65.7. The van der Waals surface area contributed by atoms with Crippen molar-refractivity contribution in [2.75, 3.05) is 10.6 Å². The highest BCUT2D eigenvalue weighted by molar-refractivity contribution is 6.05. The molecule has 1 fully saturated rings. The molecule has 13 heteroatoms. The Balaban J connectivity index is 1.28. The second-order valence-corrected chi connectivity index (χ2v) is 8.36. The molecule has 1 saturated heterocycles. The van der Waals surface area contributed by atoms with Gasteiger partial charge in [0, 0.05) is 25.5 Å². The first kappa shape index (κ1) is 22.8. The molecule has 5 rings (SSSR count). The minimum Gasteiger partial charge on any atom is -0.325 e. The Labute approximate surface area is 203 Å². The molecule has 0 radical (unpaired) electrons. The fourth-order valence-corrected chi connectivity index (χ4v) is 4.12. The quantitative estimate of drug-likeness (QED) is 0.440. The SMILES string of the molecule is CC(=O)Nc1ccc(NC(=O)c2cn(-c3ccc4c(c3)CN(C3CCC(=O)NC3=O)C4=O)nn2)nc1. The molecular weight excluding hydrogens is 468 g/mol. The third-order valence-corrected chi connectivity index (χ3v) is 5.82. The van der Waals surface area contributed by atoms with Gasteiger partial charge in [0.05, 0.1) is 23.8 Å². The maximum Gasteiger partial charge on any atom is 0.279 e. The van der Waals surface area contributed by atoms with Gasteiger partial charge >= 0.3 is 0 Å². The number of carbonyl (C=O) groups excluding carboxylic acids is 5. The van der Waals surface area contributed by atoms with Crippen molar-refractivity contribution < 1.29 is 24.0 Å². The van der Waals surface area contributed by atoms with Gasteiger partial charge in [0.15, 0.2) is 5.69 Å². The van der Waals surface area contributed by atoms with E-state index in [2.05, 4.69) is 31.2 Å². The molecule has 3 aromatic rings. The minimum absolute atomic E-state index is 0.0458. The number of nitrogens with zero attached hydrogens (tertiary/aromatic N) is 5. The zero-order chi connectivity index (χ0) is 25.4. The van der Waals surface area contributed by atoms with Crippen molar-refractivity contribution in [2.24, 2.45) is 0 Å². The van der Waals surface area contributed by atoms with E-state index in [0.717, 1.165) is 0 Å². The molecule has 0 aliphatic carbocycles. The third kappa shape index (κ3) is 4.41. The molecule has 4 heterocycles. The van der Waals surface area contributed by atoms with Crippen LogP contribution in [0, 0.1) is 0 Å². The molecule has 0 spiro atoms. The molecule has 0 bridgehead atoms. The van der Waals surface area contributed by atoms with E-state index in [0.29, 0.717) is 22.5 Å². The third-order valence-electron chi connectivity index (χ3n) is 5.82. The average Bonchev–Trinajstić information content (AvgIpc) is 3.45. The van der Waals surface area contributed by atoms with Crippen LogP contribution < -0.4 is 16.0 Å². The molecule has 5 amide bonds. The minimum atomic E-state index is -0.700. The number of rotatable bonds is 5. The van der Waals surface area contributed by atoms with Gasteiger partial charge in [-0.25, -0.2) is 9.67 Å². The highest BCUT2D eigenvalue weighted by Crippen LogP contribution is 2.29. The van der Waals surface area contributed by atoms with Gasteiger partial charge in [0.2, 0.25) is 17.7 Å². The topological polar surface area (TPSA) is 168 Å². The van der Waals surface area contributed by atoms with Gasteiger partial charge in [-0.15, -0.1) is 5.10 Å². The molecule has 0 saturated carbocycles. The average molecular weight is 488 g/mol. The van der Waals surface area contributed by atoms with Crippen LogP contribution in [-0.4, -0.2) is 60.5 Å². The van der Waals surface area contributed by atoms with Gasteiger partial charge < -0.3 is 15.5 Å². The molecule has 13 nitrogen and oxygen atoms in total. The van der Waals surface area contributed by atoms with Crippen molar-refractivity contribution in [3.05, 3.63) is 59.5 Å². The number of carbonyl (C=O) groups is 5. The van der Waals surface area contributed by atoms with E-state index in [-0.39, 0.29) is 48.6 Å². The van der Waals surface area contributed by atoms with E-state index in [4.69, 9.17) is 0 Å². The van der Waals surface area contributed by atoms with Gasteiger partial charge in [-0.05, 0) is 42.3 Å². The summed E-state index contributed by atoms with van der Waals surface area (Å²) in [5.41, 5.74) is 2.29. The van der Waals surface area contributed by atoms with E-state index < -0.39 is 17.9 Å². The molecule has 2 aliphatic heterocycles. The molecule has 182 valence electrons. The number of piperidine rings is 1. The Bertz CT molecular complexity index is 1410. The van der Waals surface area contributed by atoms with Crippen LogP contribution in [0.15, 0.2) is 42.7 Å². The van der Waals surface area contributed by atoms with E-state index in [1.165, 1.54) is 28.9 Å². The first-order valence-electron chi connectivity index (χ1n) is 11.0. The normalized spacial score (nSPS) is 17.0. The van der Waals surface area contributed by atoms with Gasteiger partial charge in [0.1, 0.15) is 11.9 Å². The lowest BCUT2D eigenvalue weighted by molar-refractivity contribution is -0.137. The van der Waals surface area contributed by atoms with Crippen LogP contribution in [0.4, 0.5) is 11.5 Å². The number of benzene rings is 1. The Morgan fingerprint density at radius 2 is 1.94 bits per heavy atom. The lowest BCUT2D eigenvalue weighted by atomic mass is 10.0. The summed E-state index contributed by atoms with van der Waals surface area (Å²) in [6.07, 6.45) is 3.32. The number of anilines is 2. The van der Waals surface area contributed by atoms with E-state index in [9.17, 15) is 24.0 Å². The standard InChI is InChI=1S/C23H20N8O5/c1-12(32)25-14-2-6-19(24-9-14)26-21(34)17-11-31(29-28-17)15-3-4-16-13(8-15)10-30(23(16)36)18-5-7-20(33)27-22(18)35/h2-4,6,8-9,11,18H,5,7,10H2,1H3,(H,25,32)(H,24,26,34)(H,27,33,35). The Hall–Kier alpha value is -4.94. The number of imide groups is 1. The lowest BCUT2D eigenvalue weighted by Crippen LogP contribution is -2.52. The van der Waals surface area contributed by atoms with Crippen molar-refractivity contribution >= 4 is 41.0 Å². The van der Waals surface area contributed by atoms with Gasteiger partial charge in [-0.1, -0.05) is 5.21 Å². The maximum atomic E-state index is 12.9. The van der Waals surface area contributed by atoms with Gasteiger partial charge in [-0.3, -0.25) is 29.3 Å². The molecule has 36 heavy (non-hydrogen) atoms. The van der Waals surface area contributed by atoms with Crippen molar-refractivity contribution in [3.8, 4) is 5.69 Å². The predicted molar refractivity (Wildman–Crippen MR) is 124 cm³/mol. The zero-order valence-electron chi connectivity index (χ0n) is 19.0. The summed E-state index contributed by atoms with van der Waals surface area (Å²) in [5.74, 6) is -1.58. The smallest absolute Gasteiger partial charge is 0.279 e. The summed E-state index contributed by atoms with van der Waals surface area (Å²) in [6.45, 7) is 1.60. The van der Waals surface area contributed by atoms with Crippen LogP contribution in [0.25, 0.3) is 5.69 Å². The van der Waals surface area contributed by atoms with Crippen LogP contribution in [0.3, 0.4) is 0 Å². The lowest BCUT2D eigenvalue weighted by Gasteiger charge is -2.29. The van der Waals surface area contributed by atoms with E-state index in [1.54, 1.807) is 30.3 Å². The second kappa shape index (κ2) is 9.02. The largest absolute Gasteiger partial charge is 0.325 e. The predicted octanol–water partition coefficient (Wildman–Crippen LogP) is 0.634. The fraction of sp³-hybridized carbons (Fsp3) is 0.217. The number of hydrogen-bond donors (Lipinski definition) is 3. The Kier molecular flexibility index (Phi) is 5.72. The summed E-state index contributed by atoms with van der Waals surface area (Å²) < 4.78 is 1.40. The highest BCUT2D eigenvalue weighted by Gasteiger charge is 2.39. The first-order chi connectivity index (χ1) is 17.3. The number of aromatic nitrogens is 4. The highest BCUT2D eigenvalue weighted by atomic mass is 16.2. The van der Waals surface area contributed by atoms with Crippen molar-refractivity contribution in [1.82, 2.24) is 30.2 Å². The molecular formula is C23H20N8O5. The fourth-order valence-electron chi connectivity index (χ4n) is 4.12. The van der Waals surface area contributed by atoms with Crippen molar-refractivity contribution in [1.29, 1.82) is 0 Å². The Morgan fingerprint density at radius 3 is 2.67 bits per heavy atom. The number of nitrogens with one attached hydrogen (secondary N) is 3. The van der Waals surface area contributed by atoms with Crippen LogP contribution >= 0.6 is 0 Å². The van der Waals surface area contributed by atoms with E-state index >= 15 is 0 Å². The number of pyridine rings is 1. The molecule has 1 unspecified atom stereocenters. The number of fused-ring (bicyclic) bond motifs is 1. The monoisotopic (exact) mass is 488 g/mol. The molecule has 3 N–H and O–H groups in total. The Morgan fingerprint density at radius 1 is 1.11 bits per heavy atom.